The summed E-state index contributed by atoms with van der Waals surface area (Å²) < 4.78 is 39.4. The number of hydrogen-bond acceptors (Lipinski definition) is 3. The third-order valence-corrected chi connectivity index (χ3v) is 4.44. The number of para-hydroxylation sites is 1. The molecule has 0 fully saturated rings. The molecule has 116 valence electrons. The predicted octanol–water partition coefficient (Wildman–Crippen LogP) is 2.38. The zero-order valence-electron chi connectivity index (χ0n) is 11.8. The molecule has 2 rings (SSSR count). The van der Waals surface area contributed by atoms with E-state index in [-0.39, 0.29) is 22.7 Å². The molecule has 0 aliphatic heterocycles. The molecular weight excluding hydrogens is 307 g/mol. The molecule has 1 amide bonds. The van der Waals surface area contributed by atoms with Crippen LogP contribution in [0.3, 0.4) is 0 Å². The molecule has 0 radical (unpaired) electrons. The molecule has 2 aromatic carbocycles. The van der Waals surface area contributed by atoms with Gasteiger partial charge >= 0.3 is 0 Å². The first-order valence-corrected chi connectivity index (χ1v) is 8.08. The van der Waals surface area contributed by atoms with Crippen LogP contribution in [0.2, 0.25) is 0 Å². The molecule has 0 saturated carbocycles. The maximum Gasteiger partial charge on any atom is 0.255 e. The summed E-state index contributed by atoms with van der Waals surface area (Å²) in [6, 6.07) is 11.2. The van der Waals surface area contributed by atoms with Gasteiger partial charge in [-0.2, -0.15) is 0 Å². The lowest BCUT2D eigenvalue weighted by Crippen LogP contribution is -2.23. The number of benzene rings is 2. The molecule has 7 heteroatoms. The van der Waals surface area contributed by atoms with E-state index in [9.17, 15) is 17.6 Å². The van der Waals surface area contributed by atoms with Crippen molar-refractivity contribution in [1.29, 1.82) is 0 Å². The van der Waals surface area contributed by atoms with Crippen molar-refractivity contribution in [2.24, 2.45) is 0 Å². The first-order chi connectivity index (χ1) is 10.4. The average Bonchev–Trinajstić information content (AvgIpc) is 2.49. The van der Waals surface area contributed by atoms with Crippen LogP contribution < -0.4 is 10.0 Å². The standard InChI is InChI=1S/C15H15FN2O3S/c1-2-17-22(20,21)12-9-7-11(8-10-12)15(19)18-14-6-4-3-5-13(14)16/h3-10,17H,2H2,1H3,(H,18,19). The SMILES string of the molecule is CCNS(=O)(=O)c1ccc(C(=O)Nc2ccccc2F)cc1. The van der Waals surface area contributed by atoms with Crippen molar-refractivity contribution in [3.05, 3.63) is 59.9 Å². The highest BCUT2D eigenvalue weighted by molar-refractivity contribution is 7.89. The van der Waals surface area contributed by atoms with E-state index in [4.69, 9.17) is 0 Å². The largest absolute Gasteiger partial charge is 0.319 e. The topological polar surface area (TPSA) is 75.3 Å². The fourth-order valence-electron chi connectivity index (χ4n) is 1.82. The second-order valence-corrected chi connectivity index (χ2v) is 6.23. The van der Waals surface area contributed by atoms with Gasteiger partial charge in [-0.15, -0.1) is 0 Å². The Morgan fingerprint density at radius 2 is 1.73 bits per heavy atom. The molecule has 22 heavy (non-hydrogen) atoms. The summed E-state index contributed by atoms with van der Waals surface area (Å²) in [6.07, 6.45) is 0. The van der Waals surface area contributed by atoms with E-state index in [1.54, 1.807) is 13.0 Å². The van der Waals surface area contributed by atoms with E-state index >= 15 is 0 Å². The van der Waals surface area contributed by atoms with Crippen LogP contribution in [0.4, 0.5) is 10.1 Å². The van der Waals surface area contributed by atoms with Gasteiger partial charge in [-0.1, -0.05) is 19.1 Å². The number of hydrogen-bond donors (Lipinski definition) is 2. The highest BCUT2D eigenvalue weighted by Gasteiger charge is 2.14. The van der Waals surface area contributed by atoms with Gasteiger partial charge in [-0.25, -0.2) is 17.5 Å². The minimum absolute atomic E-state index is 0.0665. The normalized spacial score (nSPS) is 11.2. The highest BCUT2D eigenvalue weighted by atomic mass is 32.2. The summed E-state index contributed by atoms with van der Waals surface area (Å²) in [5, 5.41) is 2.43. The molecule has 0 atom stereocenters. The number of halogens is 1. The van der Waals surface area contributed by atoms with Crippen LogP contribution in [-0.2, 0) is 10.0 Å². The van der Waals surface area contributed by atoms with Crippen LogP contribution >= 0.6 is 0 Å². The van der Waals surface area contributed by atoms with Crippen molar-refractivity contribution in [3.63, 3.8) is 0 Å². The second-order valence-electron chi connectivity index (χ2n) is 4.46. The van der Waals surface area contributed by atoms with Crippen LogP contribution in [0.25, 0.3) is 0 Å². The summed E-state index contributed by atoms with van der Waals surface area (Å²) in [5.41, 5.74) is 0.301. The number of amides is 1. The highest BCUT2D eigenvalue weighted by Crippen LogP contribution is 2.15. The van der Waals surface area contributed by atoms with E-state index in [0.717, 1.165) is 0 Å². The smallest absolute Gasteiger partial charge is 0.255 e. The van der Waals surface area contributed by atoms with Gasteiger partial charge in [0.2, 0.25) is 10.0 Å². The number of rotatable bonds is 5. The number of carbonyl (C=O) groups is 1. The maximum atomic E-state index is 13.5. The maximum absolute atomic E-state index is 13.5. The van der Waals surface area contributed by atoms with Crippen LogP contribution in [0, 0.1) is 5.82 Å². The minimum atomic E-state index is -3.56. The van der Waals surface area contributed by atoms with Crippen molar-refractivity contribution in [3.8, 4) is 0 Å². The summed E-state index contributed by atoms with van der Waals surface area (Å²) >= 11 is 0. The number of carbonyl (C=O) groups excluding carboxylic acids is 1. The lowest BCUT2D eigenvalue weighted by atomic mass is 10.2. The Morgan fingerprint density at radius 3 is 2.32 bits per heavy atom. The summed E-state index contributed by atoms with van der Waals surface area (Å²) in [7, 11) is -3.56. The molecule has 0 aromatic heterocycles. The van der Waals surface area contributed by atoms with Gasteiger partial charge in [0, 0.05) is 12.1 Å². The lowest BCUT2D eigenvalue weighted by Gasteiger charge is -2.08. The van der Waals surface area contributed by atoms with Crippen molar-refractivity contribution in [1.82, 2.24) is 4.72 Å². The summed E-state index contributed by atoms with van der Waals surface area (Å²) in [4.78, 5) is 12.1. The molecule has 0 spiro atoms. The molecule has 0 saturated heterocycles. The van der Waals surface area contributed by atoms with Crippen LogP contribution in [-0.4, -0.2) is 20.9 Å². The number of nitrogens with one attached hydrogen (secondary N) is 2. The van der Waals surface area contributed by atoms with Gasteiger partial charge < -0.3 is 5.32 Å². The average molecular weight is 322 g/mol. The van der Waals surface area contributed by atoms with E-state index in [1.807, 2.05) is 0 Å². The third-order valence-electron chi connectivity index (χ3n) is 2.88. The minimum Gasteiger partial charge on any atom is -0.319 e. The quantitative estimate of drug-likeness (QED) is 0.887. The molecule has 0 unspecified atom stereocenters. The molecule has 0 bridgehead atoms. The molecular formula is C15H15FN2O3S. The van der Waals surface area contributed by atoms with Crippen molar-refractivity contribution in [2.75, 3.05) is 11.9 Å². The van der Waals surface area contributed by atoms with E-state index in [1.165, 1.54) is 42.5 Å². The Morgan fingerprint density at radius 1 is 1.09 bits per heavy atom. The number of anilines is 1. The van der Waals surface area contributed by atoms with Crippen LogP contribution in [0.15, 0.2) is 53.4 Å². The molecule has 2 aromatic rings. The van der Waals surface area contributed by atoms with Crippen LogP contribution in [0.1, 0.15) is 17.3 Å². The van der Waals surface area contributed by atoms with Gasteiger partial charge in [0.15, 0.2) is 0 Å². The first-order valence-electron chi connectivity index (χ1n) is 6.59. The Labute approximate surface area is 128 Å². The fourth-order valence-corrected chi connectivity index (χ4v) is 2.86. The molecule has 5 nitrogen and oxygen atoms in total. The Balaban J connectivity index is 2.17. The van der Waals surface area contributed by atoms with Crippen LogP contribution in [0.5, 0.6) is 0 Å². The summed E-state index contributed by atoms with van der Waals surface area (Å²) in [5.74, 6) is -1.06. The van der Waals surface area contributed by atoms with E-state index in [2.05, 4.69) is 10.0 Å². The predicted molar refractivity (Wildman–Crippen MR) is 81.7 cm³/mol. The Bertz CT molecular complexity index is 774. The van der Waals surface area contributed by atoms with Gasteiger partial charge in [-0.3, -0.25) is 4.79 Å². The van der Waals surface area contributed by atoms with E-state index in [0.29, 0.717) is 0 Å². The van der Waals surface area contributed by atoms with Gasteiger partial charge in [0.05, 0.1) is 10.6 Å². The third kappa shape index (κ3) is 3.69. The van der Waals surface area contributed by atoms with E-state index < -0.39 is 21.7 Å². The second kappa shape index (κ2) is 6.67. The van der Waals surface area contributed by atoms with Crippen molar-refractivity contribution < 1.29 is 17.6 Å². The Hall–Kier alpha value is -2.25. The fraction of sp³-hybridized carbons (Fsp3) is 0.133. The zero-order chi connectivity index (χ0) is 16.2. The molecule has 0 heterocycles. The monoisotopic (exact) mass is 322 g/mol. The molecule has 0 aliphatic rings. The number of sulfonamides is 1. The molecule has 0 aliphatic carbocycles. The van der Waals surface area contributed by atoms with Crippen molar-refractivity contribution in [2.45, 2.75) is 11.8 Å². The van der Waals surface area contributed by atoms with Gasteiger partial charge in [0.1, 0.15) is 5.82 Å². The van der Waals surface area contributed by atoms with Gasteiger partial charge in [-0.05, 0) is 36.4 Å². The lowest BCUT2D eigenvalue weighted by molar-refractivity contribution is 0.102. The zero-order valence-corrected chi connectivity index (χ0v) is 12.7. The first kappa shape index (κ1) is 16.1. The van der Waals surface area contributed by atoms with Gasteiger partial charge in [0.25, 0.3) is 5.91 Å². The Kier molecular flexibility index (Phi) is 4.89. The van der Waals surface area contributed by atoms with Crippen molar-refractivity contribution >= 4 is 21.6 Å². The summed E-state index contributed by atoms with van der Waals surface area (Å²) in [6.45, 7) is 1.95. The molecule has 2 N–H and O–H groups in total.